The van der Waals surface area contributed by atoms with Gasteiger partial charge in [-0.15, -0.1) is 0 Å². The zero-order chi connectivity index (χ0) is 15.3. The lowest BCUT2D eigenvalue weighted by molar-refractivity contribution is 0.298. The highest BCUT2D eigenvalue weighted by atomic mass is 35.5. The van der Waals surface area contributed by atoms with E-state index in [0.29, 0.717) is 11.5 Å². The maximum atomic E-state index is 6.17. The fourth-order valence-electron chi connectivity index (χ4n) is 2.41. The van der Waals surface area contributed by atoms with Crippen LogP contribution in [0.4, 0.5) is 0 Å². The highest BCUT2D eigenvalue weighted by Crippen LogP contribution is 2.29. The Morgan fingerprint density at radius 3 is 2.35 bits per heavy atom. The minimum Gasteiger partial charge on any atom is -0.315 e. The Labute approximate surface area is 130 Å². The third-order valence-corrected chi connectivity index (χ3v) is 4.45. The number of rotatable bonds is 7. The van der Waals surface area contributed by atoms with E-state index < -0.39 is 0 Å². The van der Waals surface area contributed by atoms with Crippen LogP contribution in [-0.2, 0) is 6.42 Å². The molecule has 20 heavy (non-hydrogen) atoms. The Bertz CT molecular complexity index is 435. The molecule has 0 aromatic heterocycles. The van der Waals surface area contributed by atoms with Crippen molar-refractivity contribution in [3.63, 3.8) is 0 Å². The van der Waals surface area contributed by atoms with Gasteiger partial charge in [0.1, 0.15) is 0 Å². The lowest BCUT2D eigenvalue weighted by atomic mass is 9.82. The molecular formula is C18H30ClN. The normalized spacial score (nSPS) is 12.2. The summed E-state index contributed by atoms with van der Waals surface area (Å²) < 4.78 is 0. The van der Waals surface area contributed by atoms with Gasteiger partial charge in [-0.1, -0.05) is 45.4 Å². The number of hydrogen-bond acceptors (Lipinski definition) is 1. The largest absolute Gasteiger partial charge is 0.315 e. The van der Waals surface area contributed by atoms with E-state index in [9.17, 15) is 0 Å². The van der Waals surface area contributed by atoms with E-state index in [-0.39, 0.29) is 0 Å². The zero-order valence-electron chi connectivity index (χ0n) is 13.9. The molecule has 1 nitrogen and oxygen atoms in total. The SMILES string of the molecule is Cc1cc(CCC(C)(C)CCNC(C)C)c(C)cc1Cl. The lowest BCUT2D eigenvalue weighted by Gasteiger charge is -2.26. The third kappa shape index (κ3) is 5.85. The molecule has 0 spiro atoms. The first-order chi connectivity index (χ1) is 9.21. The Morgan fingerprint density at radius 1 is 1.10 bits per heavy atom. The number of hydrogen-bond donors (Lipinski definition) is 1. The first-order valence-corrected chi connectivity index (χ1v) is 8.08. The fraction of sp³-hybridized carbons (Fsp3) is 0.667. The Kier molecular flexibility index (Phi) is 6.54. The van der Waals surface area contributed by atoms with Gasteiger partial charge >= 0.3 is 0 Å². The van der Waals surface area contributed by atoms with Gasteiger partial charge in [0.15, 0.2) is 0 Å². The monoisotopic (exact) mass is 295 g/mol. The first kappa shape index (κ1) is 17.5. The van der Waals surface area contributed by atoms with Crippen LogP contribution in [0.5, 0.6) is 0 Å². The van der Waals surface area contributed by atoms with Crippen molar-refractivity contribution in [2.45, 2.75) is 66.8 Å². The number of nitrogens with one attached hydrogen (secondary N) is 1. The van der Waals surface area contributed by atoms with E-state index in [1.807, 2.05) is 0 Å². The summed E-state index contributed by atoms with van der Waals surface area (Å²) in [6.45, 7) is 14.5. The molecule has 0 atom stereocenters. The van der Waals surface area contributed by atoms with Crippen molar-refractivity contribution in [2.24, 2.45) is 5.41 Å². The van der Waals surface area contributed by atoms with Gasteiger partial charge in [-0.3, -0.25) is 0 Å². The summed E-state index contributed by atoms with van der Waals surface area (Å²) in [6, 6.07) is 4.92. The molecule has 0 radical (unpaired) electrons. The average molecular weight is 296 g/mol. The summed E-state index contributed by atoms with van der Waals surface area (Å²) in [7, 11) is 0. The van der Waals surface area contributed by atoms with Gasteiger partial charge < -0.3 is 5.32 Å². The number of aryl methyl sites for hydroxylation is 3. The maximum absolute atomic E-state index is 6.17. The van der Waals surface area contributed by atoms with Crippen molar-refractivity contribution in [1.29, 1.82) is 0 Å². The van der Waals surface area contributed by atoms with Crippen LogP contribution in [0.2, 0.25) is 5.02 Å². The van der Waals surface area contributed by atoms with Gasteiger partial charge in [-0.25, -0.2) is 0 Å². The summed E-state index contributed by atoms with van der Waals surface area (Å²) in [5.74, 6) is 0. The molecule has 0 amide bonds. The van der Waals surface area contributed by atoms with Gasteiger partial charge in [-0.05, 0) is 67.8 Å². The predicted octanol–water partition coefficient (Wildman–Crippen LogP) is 5.30. The molecule has 0 heterocycles. The van der Waals surface area contributed by atoms with Gasteiger partial charge in [0.25, 0.3) is 0 Å². The summed E-state index contributed by atoms with van der Waals surface area (Å²) >= 11 is 6.17. The van der Waals surface area contributed by atoms with Crippen LogP contribution in [0.15, 0.2) is 12.1 Å². The minimum atomic E-state index is 0.377. The molecule has 1 aromatic rings. The smallest absolute Gasteiger partial charge is 0.0438 e. The van der Waals surface area contributed by atoms with Crippen molar-refractivity contribution in [3.05, 3.63) is 33.8 Å². The van der Waals surface area contributed by atoms with Crippen LogP contribution >= 0.6 is 11.6 Å². The quantitative estimate of drug-likeness (QED) is 0.719. The molecule has 0 saturated carbocycles. The van der Waals surface area contributed by atoms with Crippen LogP contribution in [0, 0.1) is 19.3 Å². The molecule has 0 aliphatic carbocycles. The summed E-state index contributed by atoms with van der Waals surface area (Å²) in [4.78, 5) is 0. The Hall–Kier alpha value is -0.530. The summed E-state index contributed by atoms with van der Waals surface area (Å²) in [6.07, 6.45) is 3.57. The maximum Gasteiger partial charge on any atom is 0.0438 e. The van der Waals surface area contributed by atoms with E-state index in [0.717, 1.165) is 18.0 Å². The highest BCUT2D eigenvalue weighted by molar-refractivity contribution is 6.31. The third-order valence-electron chi connectivity index (χ3n) is 4.04. The molecule has 0 aliphatic heterocycles. The van der Waals surface area contributed by atoms with Crippen molar-refractivity contribution >= 4 is 11.6 Å². The average Bonchev–Trinajstić information content (AvgIpc) is 2.31. The predicted molar refractivity (Wildman–Crippen MR) is 90.8 cm³/mol. The first-order valence-electron chi connectivity index (χ1n) is 7.70. The zero-order valence-corrected chi connectivity index (χ0v) is 14.7. The van der Waals surface area contributed by atoms with Gasteiger partial charge in [-0.2, -0.15) is 0 Å². The molecule has 0 bridgehead atoms. The molecule has 2 heteroatoms. The van der Waals surface area contributed by atoms with Crippen LogP contribution in [-0.4, -0.2) is 12.6 Å². The molecule has 1 N–H and O–H groups in total. The molecule has 0 saturated heterocycles. The van der Waals surface area contributed by atoms with Gasteiger partial charge in [0.2, 0.25) is 0 Å². The molecule has 0 aliphatic rings. The number of benzene rings is 1. The molecule has 0 unspecified atom stereocenters. The molecule has 1 rings (SSSR count). The van der Waals surface area contributed by atoms with E-state index in [1.54, 1.807) is 0 Å². The minimum absolute atomic E-state index is 0.377. The Balaban J connectivity index is 2.55. The highest BCUT2D eigenvalue weighted by Gasteiger charge is 2.18. The van der Waals surface area contributed by atoms with Crippen molar-refractivity contribution in [3.8, 4) is 0 Å². The molecule has 1 aromatic carbocycles. The van der Waals surface area contributed by atoms with Crippen LogP contribution in [0.3, 0.4) is 0 Å². The fourth-order valence-corrected chi connectivity index (χ4v) is 2.63. The second kappa shape index (κ2) is 7.47. The van der Waals surface area contributed by atoms with Crippen LogP contribution in [0.1, 0.15) is 57.2 Å². The Morgan fingerprint density at radius 2 is 1.75 bits per heavy atom. The van der Waals surface area contributed by atoms with E-state index in [4.69, 9.17) is 11.6 Å². The van der Waals surface area contributed by atoms with Crippen LogP contribution in [0.25, 0.3) is 0 Å². The van der Waals surface area contributed by atoms with Crippen molar-refractivity contribution in [1.82, 2.24) is 5.32 Å². The van der Waals surface area contributed by atoms with Crippen molar-refractivity contribution < 1.29 is 0 Å². The van der Waals surface area contributed by atoms with E-state index in [1.165, 1.54) is 29.5 Å². The molecular weight excluding hydrogens is 266 g/mol. The lowest BCUT2D eigenvalue weighted by Crippen LogP contribution is -2.28. The van der Waals surface area contributed by atoms with E-state index in [2.05, 4.69) is 59.0 Å². The summed E-state index contributed by atoms with van der Waals surface area (Å²) in [5.41, 5.74) is 4.32. The number of halogens is 1. The second-order valence-electron chi connectivity index (χ2n) is 7.05. The van der Waals surface area contributed by atoms with Crippen LogP contribution < -0.4 is 5.32 Å². The van der Waals surface area contributed by atoms with Gasteiger partial charge in [0, 0.05) is 11.1 Å². The molecule has 0 fully saturated rings. The standard InChI is InChI=1S/C18H30ClN/c1-13(2)20-10-9-18(5,6)8-7-16-11-15(4)17(19)12-14(16)3/h11-13,20H,7-10H2,1-6H3. The second-order valence-corrected chi connectivity index (χ2v) is 7.46. The van der Waals surface area contributed by atoms with Gasteiger partial charge in [0.05, 0.1) is 0 Å². The van der Waals surface area contributed by atoms with E-state index >= 15 is 0 Å². The molecule has 114 valence electrons. The van der Waals surface area contributed by atoms with Crippen molar-refractivity contribution in [2.75, 3.05) is 6.54 Å². The topological polar surface area (TPSA) is 12.0 Å². The summed E-state index contributed by atoms with van der Waals surface area (Å²) in [5, 5.41) is 4.39.